The average molecular weight is 456 g/mol. The topological polar surface area (TPSA) is 63.1 Å². The van der Waals surface area contributed by atoms with Crippen LogP contribution < -0.4 is 10.2 Å². The number of hydrogen-bond donors (Lipinski definition) is 1. The molecule has 8 heteroatoms. The first-order valence-corrected chi connectivity index (χ1v) is 11.9. The zero-order valence-corrected chi connectivity index (χ0v) is 19.1. The van der Waals surface area contributed by atoms with Crippen molar-refractivity contribution in [2.24, 2.45) is 0 Å². The van der Waals surface area contributed by atoms with Gasteiger partial charge in [-0.15, -0.1) is 10.2 Å². The van der Waals surface area contributed by atoms with E-state index in [2.05, 4.69) is 39.5 Å². The van der Waals surface area contributed by atoms with Gasteiger partial charge in [-0.25, -0.2) is 0 Å². The number of aryl methyl sites for hydroxylation is 1. The van der Waals surface area contributed by atoms with Gasteiger partial charge < -0.3 is 10.2 Å². The van der Waals surface area contributed by atoms with E-state index < -0.39 is 0 Å². The third-order valence-electron chi connectivity index (χ3n) is 5.41. The van der Waals surface area contributed by atoms with Crippen LogP contribution >= 0.6 is 23.4 Å². The molecule has 6 nitrogen and oxygen atoms in total. The fourth-order valence-electron chi connectivity index (χ4n) is 3.73. The summed E-state index contributed by atoms with van der Waals surface area (Å²) in [5.74, 6) is 1.04. The Labute approximate surface area is 192 Å². The van der Waals surface area contributed by atoms with Gasteiger partial charge in [0.2, 0.25) is 11.9 Å². The molecule has 1 aliphatic rings. The maximum atomic E-state index is 12.4. The second kappa shape index (κ2) is 10.2. The van der Waals surface area contributed by atoms with Gasteiger partial charge in [-0.1, -0.05) is 59.8 Å². The van der Waals surface area contributed by atoms with Crippen LogP contribution in [0.25, 0.3) is 5.69 Å². The highest BCUT2D eigenvalue weighted by molar-refractivity contribution is 7.99. The molecule has 1 amide bonds. The molecule has 1 fully saturated rings. The minimum atomic E-state index is -0.0185. The van der Waals surface area contributed by atoms with E-state index in [4.69, 9.17) is 11.6 Å². The van der Waals surface area contributed by atoms with Gasteiger partial charge >= 0.3 is 0 Å². The van der Waals surface area contributed by atoms with Gasteiger partial charge in [0.1, 0.15) is 0 Å². The van der Waals surface area contributed by atoms with E-state index in [9.17, 15) is 4.79 Å². The minimum absolute atomic E-state index is 0.0185. The quantitative estimate of drug-likeness (QED) is 0.513. The number of thioether (sulfide) groups is 1. The van der Waals surface area contributed by atoms with Gasteiger partial charge in [0.15, 0.2) is 5.16 Å². The highest BCUT2D eigenvalue weighted by atomic mass is 35.5. The van der Waals surface area contributed by atoms with Crippen LogP contribution in [0.3, 0.4) is 0 Å². The normalized spacial score (nSPS) is 13.5. The van der Waals surface area contributed by atoms with Crippen LogP contribution in [-0.4, -0.2) is 46.1 Å². The molecule has 162 valence electrons. The molecule has 0 saturated carbocycles. The number of carbonyl (C=O) groups is 1. The Balaban J connectivity index is 1.43. The molecular weight excluding hydrogens is 430 g/mol. The van der Waals surface area contributed by atoms with Crippen LogP contribution in [0.2, 0.25) is 5.02 Å². The number of hydrogen-bond acceptors (Lipinski definition) is 5. The number of aromatic nitrogens is 3. The van der Waals surface area contributed by atoms with Crippen molar-refractivity contribution in [2.75, 3.05) is 30.3 Å². The molecule has 4 rings (SSSR count). The standard InChI is InChI=1S/C23H26ClN5OS/c1-17-8-2-3-9-18(17)12-13-25-21(30)16-31-23-27-26-22(28-14-6-7-15-28)29(23)20-11-5-4-10-19(20)24/h2-5,8-11H,6-7,12-16H2,1H3,(H,25,30). The molecule has 0 aliphatic carbocycles. The molecular formula is C23H26ClN5OS. The lowest BCUT2D eigenvalue weighted by Gasteiger charge is -2.19. The molecule has 0 unspecified atom stereocenters. The smallest absolute Gasteiger partial charge is 0.232 e. The number of halogens is 1. The number of amides is 1. The van der Waals surface area contributed by atoms with Crippen molar-refractivity contribution in [2.45, 2.75) is 31.3 Å². The van der Waals surface area contributed by atoms with Crippen molar-refractivity contribution < 1.29 is 4.79 Å². The highest BCUT2D eigenvalue weighted by Crippen LogP contribution is 2.31. The summed E-state index contributed by atoms with van der Waals surface area (Å²) in [4.78, 5) is 14.7. The molecule has 1 aliphatic heterocycles. The zero-order valence-electron chi connectivity index (χ0n) is 17.6. The molecule has 0 atom stereocenters. The summed E-state index contributed by atoms with van der Waals surface area (Å²) >= 11 is 7.86. The predicted octanol–water partition coefficient (Wildman–Crippen LogP) is 4.28. The van der Waals surface area contributed by atoms with E-state index in [0.717, 1.165) is 44.0 Å². The van der Waals surface area contributed by atoms with E-state index in [1.54, 1.807) is 0 Å². The predicted molar refractivity (Wildman–Crippen MR) is 126 cm³/mol. The second-order valence-electron chi connectivity index (χ2n) is 7.58. The third-order valence-corrected chi connectivity index (χ3v) is 6.66. The summed E-state index contributed by atoms with van der Waals surface area (Å²) in [6, 6.07) is 15.9. The third kappa shape index (κ3) is 5.22. The first-order valence-electron chi connectivity index (χ1n) is 10.5. The van der Waals surface area contributed by atoms with E-state index in [-0.39, 0.29) is 11.7 Å². The number of rotatable bonds is 8. The summed E-state index contributed by atoms with van der Waals surface area (Å²) < 4.78 is 1.97. The lowest BCUT2D eigenvalue weighted by Crippen LogP contribution is -2.27. The number of nitrogens with one attached hydrogen (secondary N) is 1. The Hall–Kier alpha value is -2.51. The Morgan fingerprint density at radius 1 is 1.10 bits per heavy atom. The maximum Gasteiger partial charge on any atom is 0.232 e. The lowest BCUT2D eigenvalue weighted by molar-refractivity contribution is -0.118. The SMILES string of the molecule is Cc1ccccc1CCNC(=O)CSc1nnc(N2CCCC2)n1-c1ccccc1Cl. The number of benzene rings is 2. The molecule has 3 aromatic rings. The highest BCUT2D eigenvalue weighted by Gasteiger charge is 2.23. The van der Waals surface area contributed by atoms with Crippen molar-refractivity contribution in [3.63, 3.8) is 0 Å². The fourth-order valence-corrected chi connectivity index (χ4v) is 4.72. The van der Waals surface area contributed by atoms with Crippen molar-refractivity contribution in [3.8, 4) is 5.69 Å². The summed E-state index contributed by atoms with van der Waals surface area (Å²) in [7, 11) is 0. The molecule has 0 radical (unpaired) electrons. The molecule has 2 aromatic carbocycles. The molecule has 1 N–H and O–H groups in total. The van der Waals surface area contributed by atoms with Crippen molar-refractivity contribution in [3.05, 3.63) is 64.7 Å². The number of para-hydroxylation sites is 1. The van der Waals surface area contributed by atoms with Crippen LogP contribution in [0.1, 0.15) is 24.0 Å². The van der Waals surface area contributed by atoms with Gasteiger partial charge in [0.25, 0.3) is 0 Å². The van der Waals surface area contributed by atoms with E-state index >= 15 is 0 Å². The zero-order chi connectivity index (χ0) is 21.6. The van der Waals surface area contributed by atoms with Crippen LogP contribution in [0, 0.1) is 6.92 Å². The van der Waals surface area contributed by atoms with Gasteiger partial charge in [-0.2, -0.15) is 0 Å². The van der Waals surface area contributed by atoms with Crippen LogP contribution in [0.4, 0.5) is 5.95 Å². The minimum Gasteiger partial charge on any atom is -0.355 e. The van der Waals surface area contributed by atoms with Gasteiger partial charge in [0, 0.05) is 19.6 Å². The molecule has 1 saturated heterocycles. The van der Waals surface area contributed by atoms with Crippen molar-refractivity contribution in [1.82, 2.24) is 20.1 Å². The molecule has 1 aromatic heterocycles. The Morgan fingerprint density at radius 2 is 1.84 bits per heavy atom. The van der Waals surface area contributed by atoms with Crippen LogP contribution in [0.5, 0.6) is 0 Å². The molecule has 0 spiro atoms. The maximum absolute atomic E-state index is 12.4. The molecule has 2 heterocycles. The fraction of sp³-hybridized carbons (Fsp3) is 0.348. The van der Waals surface area contributed by atoms with Gasteiger partial charge in [-0.05, 0) is 49.4 Å². The van der Waals surface area contributed by atoms with E-state index in [1.165, 1.54) is 22.9 Å². The van der Waals surface area contributed by atoms with E-state index in [0.29, 0.717) is 16.7 Å². The summed E-state index contributed by atoms with van der Waals surface area (Å²) in [6.07, 6.45) is 3.10. The first kappa shape index (κ1) is 21.7. The summed E-state index contributed by atoms with van der Waals surface area (Å²) in [6.45, 7) is 4.60. The van der Waals surface area contributed by atoms with Crippen LogP contribution in [0.15, 0.2) is 53.7 Å². The molecule has 0 bridgehead atoms. The number of carbonyl (C=O) groups excluding carboxylic acids is 1. The van der Waals surface area contributed by atoms with Gasteiger partial charge in [0.05, 0.1) is 16.5 Å². The van der Waals surface area contributed by atoms with Gasteiger partial charge in [-0.3, -0.25) is 9.36 Å². The lowest BCUT2D eigenvalue weighted by atomic mass is 10.1. The summed E-state index contributed by atoms with van der Waals surface area (Å²) in [5, 5.41) is 13.1. The molecule has 31 heavy (non-hydrogen) atoms. The summed E-state index contributed by atoms with van der Waals surface area (Å²) in [5.41, 5.74) is 3.33. The first-order chi connectivity index (χ1) is 15.1. The number of anilines is 1. The second-order valence-corrected chi connectivity index (χ2v) is 8.93. The van der Waals surface area contributed by atoms with Crippen molar-refractivity contribution >= 4 is 35.2 Å². The van der Waals surface area contributed by atoms with E-state index in [1.807, 2.05) is 41.0 Å². The average Bonchev–Trinajstić information content (AvgIpc) is 3.44. The number of nitrogens with zero attached hydrogens (tertiary/aromatic N) is 4. The van der Waals surface area contributed by atoms with Crippen LogP contribution in [-0.2, 0) is 11.2 Å². The van der Waals surface area contributed by atoms with Crippen molar-refractivity contribution in [1.29, 1.82) is 0 Å². The Morgan fingerprint density at radius 3 is 2.61 bits per heavy atom. The largest absolute Gasteiger partial charge is 0.355 e. The monoisotopic (exact) mass is 455 g/mol. The Bertz CT molecular complexity index is 1050. The Kier molecular flexibility index (Phi) is 7.14.